The molecule has 0 bridgehead atoms. The standard InChI is InChI=1S/C19H25NO2/c1-14(21)17-12-8-11-16(13-15-9-6-5-7-10-15)20(17)18(22)19(2,3)4/h5-11,16-17H,12-13H2,1-4H3. The summed E-state index contributed by atoms with van der Waals surface area (Å²) in [5, 5.41) is 0. The van der Waals surface area contributed by atoms with Crippen molar-refractivity contribution in [3.05, 3.63) is 48.0 Å². The number of amides is 1. The molecule has 1 amide bonds. The van der Waals surface area contributed by atoms with Crippen LogP contribution in [0.25, 0.3) is 0 Å². The molecule has 0 saturated heterocycles. The molecule has 0 spiro atoms. The number of nitrogens with zero attached hydrogens (tertiary/aromatic N) is 1. The van der Waals surface area contributed by atoms with Crippen LogP contribution >= 0.6 is 0 Å². The van der Waals surface area contributed by atoms with Gasteiger partial charge in [0.25, 0.3) is 0 Å². The lowest BCUT2D eigenvalue weighted by Gasteiger charge is -2.41. The van der Waals surface area contributed by atoms with E-state index < -0.39 is 5.41 Å². The highest BCUT2D eigenvalue weighted by Gasteiger charge is 2.38. The third kappa shape index (κ3) is 3.65. The van der Waals surface area contributed by atoms with E-state index in [4.69, 9.17) is 0 Å². The SMILES string of the molecule is CC(=O)C1CC=CC(Cc2ccccc2)N1C(=O)C(C)(C)C. The van der Waals surface area contributed by atoms with Crippen molar-refractivity contribution in [2.45, 2.75) is 52.6 Å². The Kier molecular flexibility index (Phi) is 4.84. The molecule has 0 aliphatic carbocycles. The summed E-state index contributed by atoms with van der Waals surface area (Å²) in [6, 6.07) is 9.70. The Hall–Kier alpha value is -1.90. The number of benzene rings is 1. The van der Waals surface area contributed by atoms with Gasteiger partial charge in [0, 0.05) is 5.41 Å². The van der Waals surface area contributed by atoms with Gasteiger partial charge in [-0.1, -0.05) is 63.3 Å². The van der Waals surface area contributed by atoms with Crippen molar-refractivity contribution >= 4 is 11.7 Å². The van der Waals surface area contributed by atoms with Crippen molar-refractivity contribution < 1.29 is 9.59 Å². The number of rotatable bonds is 3. The van der Waals surface area contributed by atoms with E-state index in [0.29, 0.717) is 6.42 Å². The van der Waals surface area contributed by atoms with Gasteiger partial charge in [-0.05, 0) is 25.3 Å². The first-order valence-electron chi connectivity index (χ1n) is 7.84. The predicted octanol–water partition coefficient (Wildman–Crippen LogP) is 3.39. The second-order valence-corrected chi connectivity index (χ2v) is 7.01. The Morgan fingerprint density at radius 2 is 1.82 bits per heavy atom. The quantitative estimate of drug-likeness (QED) is 0.802. The molecule has 1 heterocycles. The molecule has 1 aromatic rings. The minimum absolute atomic E-state index is 0.0398. The summed E-state index contributed by atoms with van der Waals surface area (Å²) in [4.78, 5) is 26.7. The first kappa shape index (κ1) is 16.5. The highest BCUT2D eigenvalue weighted by molar-refractivity contribution is 5.90. The molecule has 3 nitrogen and oxygen atoms in total. The summed E-state index contributed by atoms with van der Waals surface area (Å²) in [5.74, 6) is 0.0954. The molecule has 1 aromatic carbocycles. The molecule has 3 heteroatoms. The topological polar surface area (TPSA) is 37.4 Å². The first-order chi connectivity index (χ1) is 10.3. The maximum atomic E-state index is 12.9. The van der Waals surface area contributed by atoms with Crippen LogP contribution in [-0.2, 0) is 16.0 Å². The average Bonchev–Trinajstić information content (AvgIpc) is 2.46. The Balaban J connectivity index is 2.32. The zero-order chi connectivity index (χ0) is 16.3. The predicted molar refractivity (Wildman–Crippen MR) is 88.5 cm³/mol. The molecule has 2 rings (SSSR count). The molecular formula is C19H25NO2. The fourth-order valence-electron chi connectivity index (χ4n) is 2.87. The maximum Gasteiger partial charge on any atom is 0.229 e. The van der Waals surface area contributed by atoms with Crippen LogP contribution in [0.4, 0.5) is 0 Å². The molecule has 22 heavy (non-hydrogen) atoms. The van der Waals surface area contributed by atoms with Crippen molar-refractivity contribution in [3.63, 3.8) is 0 Å². The van der Waals surface area contributed by atoms with Crippen molar-refractivity contribution in [2.75, 3.05) is 0 Å². The molecule has 2 atom stereocenters. The normalized spacial score (nSPS) is 21.7. The Labute approximate surface area is 133 Å². The van der Waals surface area contributed by atoms with E-state index in [9.17, 15) is 9.59 Å². The average molecular weight is 299 g/mol. The van der Waals surface area contributed by atoms with Crippen LogP contribution in [0.5, 0.6) is 0 Å². The van der Waals surface area contributed by atoms with Gasteiger partial charge in [0.2, 0.25) is 5.91 Å². The number of carbonyl (C=O) groups is 2. The molecule has 0 aromatic heterocycles. The van der Waals surface area contributed by atoms with E-state index in [0.717, 1.165) is 6.42 Å². The molecule has 0 N–H and O–H groups in total. The van der Waals surface area contributed by atoms with E-state index in [-0.39, 0.29) is 23.8 Å². The van der Waals surface area contributed by atoms with Crippen LogP contribution in [-0.4, -0.2) is 28.7 Å². The minimum Gasteiger partial charge on any atom is -0.325 e. The van der Waals surface area contributed by atoms with Gasteiger partial charge >= 0.3 is 0 Å². The van der Waals surface area contributed by atoms with E-state index in [1.165, 1.54) is 5.56 Å². The van der Waals surface area contributed by atoms with Gasteiger partial charge in [-0.2, -0.15) is 0 Å². The Morgan fingerprint density at radius 1 is 1.18 bits per heavy atom. The van der Waals surface area contributed by atoms with Gasteiger partial charge in [-0.3, -0.25) is 9.59 Å². The molecule has 0 radical (unpaired) electrons. The monoisotopic (exact) mass is 299 g/mol. The Morgan fingerprint density at radius 3 is 2.36 bits per heavy atom. The summed E-state index contributed by atoms with van der Waals surface area (Å²) in [5.41, 5.74) is 0.682. The number of hydrogen-bond acceptors (Lipinski definition) is 2. The third-order valence-electron chi connectivity index (χ3n) is 4.04. The molecule has 0 saturated carbocycles. The summed E-state index contributed by atoms with van der Waals surface area (Å²) in [7, 11) is 0. The maximum absolute atomic E-state index is 12.9. The zero-order valence-corrected chi connectivity index (χ0v) is 13.9. The number of hydrogen-bond donors (Lipinski definition) is 0. The van der Waals surface area contributed by atoms with Gasteiger partial charge in [0.1, 0.15) is 0 Å². The van der Waals surface area contributed by atoms with Crippen molar-refractivity contribution in [3.8, 4) is 0 Å². The lowest BCUT2D eigenvalue weighted by molar-refractivity contribution is -0.148. The molecule has 1 aliphatic rings. The third-order valence-corrected chi connectivity index (χ3v) is 4.04. The van der Waals surface area contributed by atoms with E-state index in [2.05, 4.69) is 18.2 Å². The molecule has 2 unspecified atom stereocenters. The smallest absolute Gasteiger partial charge is 0.229 e. The lowest BCUT2D eigenvalue weighted by atomic mass is 9.88. The number of ketones is 1. The summed E-state index contributed by atoms with van der Waals surface area (Å²) < 4.78 is 0. The summed E-state index contributed by atoms with van der Waals surface area (Å²) >= 11 is 0. The van der Waals surface area contributed by atoms with E-state index in [1.807, 2.05) is 45.0 Å². The van der Waals surface area contributed by atoms with Crippen LogP contribution < -0.4 is 0 Å². The zero-order valence-electron chi connectivity index (χ0n) is 13.9. The van der Waals surface area contributed by atoms with Gasteiger partial charge in [-0.25, -0.2) is 0 Å². The first-order valence-corrected chi connectivity index (χ1v) is 7.84. The minimum atomic E-state index is -0.492. The Bertz CT molecular complexity index is 569. The lowest BCUT2D eigenvalue weighted by Crippen LogP contribution is -2.55. The van der Waals surface area contributed by atoms with E-state index in [1.54, 1.807) is 11.8 Å². The van der Waals surface area contributed by atoms with E-state index >= 15 is 0 Å². The van der Waals surface area contributed by atoms with Crippen LogP contribution in [0.3, 0.4) is 0 Å². The van der Waals surface area contributed by atoms with Crippen LogP contribution in [0.15, 0.2) is 42.5 Å². The van der Waals surface area contributed by atoms with Gasteiger partial charge in [0.05, 0.1) is 12.1 Å². The number of Topliss-reactive ketones (excluding diaryl/α,β-unsaturated/α-hetero) is 1. The summed E-state index contributed by atoms with van der Waals surface area (Å²) in [6.07, 6.45) is 5.45. The van der Waals surface area contributed by atoms with Gasteiger partial charge < -0.3 is 4.90 Å². The van der Waals surface area contributed by atoms with Gasteiger partial charge in [0.15, 0.2) is 5.78 Å². The fraction of sp³-hybridized carbons (Fsp3) is 0.474. The second-order valence-electron chi connectivity index (χ2n) is 7.01. The fourth-order valence-corrected chi connectivity index (χ4v) is 2.87. The molecule has 118 valence electrons. The largest absolute Gasteiger partial charge is 0.325 e. The van der Waals surface area contributed by atoms with Crippen LogP contribution in [0.2, 0.25) is 0 Å². The van der Waals surface area contributed by atoms with Crippen molar-refractivity contribution in [1.29, 1.82) is 0 Å². The molecule has 1 aliphatic heterocycles. The van der Waals surface area contributed by atoms with Crippen molar-refractivity contribution in [1.82, 2.24) is 4.90 Å². The highest BCUT2D eigenvalue weighted by atomic mass is 16.2. The highest BCUT2D eigenvalue weighted by Crippen LogP contribution is 2.27. The molecule has 0 fully saturated rings. The van der Waals surface area contributed by atoms with Gasteiger partial charge in [-0.15, -0.1) is 0 Å². The van der Waals surface area contributed by atoms with Crippen molar-refractivity contribution in [2.24, 2.45) is 5.41 Å². The number of carbonyl (C=O) groups excluding carboxylic acids is 2. The van der Waals surface area contributed by atoms with Crippen LogP contribution in [0, 0.1) is 5.41 Å². The van der Waals surface area contributed by atoms with Crippen LogP contribution in [0.1, 0.15) is 39.7 Å². The second kappa shape index (κ2) is 6.47. The summed E-state index contributed by atoms with van der Waals surface area (Å²) in [6.45, 7) is 7.30. The molecular weight excluding hydrogens is 274 g/mol.